The van der Waals surface area contributed by atoms with Crippen molar-refractivity contribution in [1.29, 1.82) is 0 Å². The predicted octanol–water partition coefficient (Wildman–Crippen LogP) is -0.0583. The third-order valence-corrected chi connectivity index (χ3v) is 7.19. The summed E-state index contributed by atoms with van der Waals surface area (Å²) in [4.78, 5) is 26.1. The summed E-state index contributed by atoms with van der Waals surface area (Å²) < 4.78 is 33.7. The highest BCUT2D eigenvalue weighted by molar-refractivity contribution is 7.84. The van der Waals surface area contributed by atoms with Crippen LogP contribution in [0.25, 0.3) is 0 Å². The van der Waals surface area contributed by atoms with Gasteiger partial charge in [0.2, 0.25) is 0 Å². The van der Waals surface area contributed by atoms with E-state index in [1.165, 1.54) is 12.5 Å². The maximum absolute atomic E-state index is 13.3. The number of aromatic nitrogens is 4. The van der Waals surface area contributed by atoms with Crippen LogP contribution in [0.15, 0.2) is 49.2 Å². The molecule has 5 N–H and O–H groups in total. The SMILES string of the molecule is NS(=O)(=O)OC[C@H]1C[C@@H](Nc2ncncc2C(=O)c2ccn(Cc3cccc(C4(O)COC4)n3)c2)C[C@@H]1O. The molecule has 0 radical (unpaired) electrons. The van der Waals surface area contributed by atoms with Gasteiger partial charge in [0.15, 0.2) is 11.4 Å². The Labute approximate surface area is 218 Å². The van der Waals surface area contributed by atoms with Gasteiger partial charge >= 0.3 is 10.3 Å². The van der Waals surface area contributed by atoms with E-state index in [0.29, 0.717) is 36.5 Å². The molecule has 13 nitrogen and oxygen atoms in total. The zero-order valence-electron chi connectivity index (χ0n) is 20.3. The van der Waals surface area contributed by atoms with Crippen LogP contribution in [0.4, 0.5) is 5.82 Å². The van der Waals surface area contributed by atoms with Crippen molar-refractivity contribution in [2.45, 2.75) is 37.1 Å². The average molecular weight is 545 g/mol. The van der Waals surface area contributed by atoms with E-state index in [1.807, 2.05) is 16.7 Å². The maximum atomic E-state index is 13.3. The van der Waals surface area contributed by atoms with E-state index < -0.39 is 27.9 Å². The average Bonchev–Trinajstić information content (AvgIpc) is 3.47. The second-order valence-corrected chi connectivity index (χ2v) is 10.9. The van der Waals surface area contributed by atoms with E-state index in [4.69, 9.17) is 9.88 Å². The van der Waals surface area contributed by atoms with Gasteiger partial charge in [-0.25, -0.2) is 15.1 Å². The zero-order chi connectivity index (χ0) is 26.9. The first-order valence-corrected chi connectivity index (χ1v) is 13.5. The number of ether oxygens (including phenoxy) is 1. The number of hydrogen-bond donors (Lipinski definition) is 4. The molecule has 202 valence electrons. The Bertz CT molecular complexity index is 1420. The van der Waals surface area contributed by atoms with Crippen LogP contribution in [0.1, 0.15) is 40.2 Å². The fourth-order valence-electron chi connectivity index (χ4n) is 4.67. The summed E-state index contributed by atoms with van der Waals surface area (Å²) in [5, 5.41) is 28.9. The van der Waals surface area contributed by atoms with Crippen molar-refractivity contribution in [3.05, 3.63) is 71.7 Å². The first kappa shape index (κ1) is 26.3. The second kappa shape index (κ2) is 10.5. The van der Waals surface area contributed by atoms with Crippen LogP contribution in [0.2, 0.25) is 0 Å². The normalized spacial score (nSPS) is 22.7. The van der Waals surface area contributed by atoms with Crippen molar-refractivity contribution in [2.75, 3.05) is 25.1 Å². The van der Waals surface area contributed by atoms with Gasteiger partial charge in [0, 0.05) is 36.1 Å². The number of carbonyl (C=O) groups is 1. The van der Waals surface area contributed by atoms with Crippen molar-refractivity contribution >= 4 is 21.9 Å². The van der Waals surface area contributed by atoms with Crippen LogP contribution < -0.4 is 10.5 Å². The highest BCUT2D eigenvalue weighted by Gasteiger charge is 2.39. The number of carbonyl (C=O) groups excluding carboxylic acids is 1. The molecule has 38 heavy (non-hydrogen) atoms. The number of anilines is 1. The molecule has 0 amide bonds. The van der Waals surface area contributed by atoms with Gasteiger partial charge in [-0.05, 0) is 31.0 Å². The van der Waals surface area contributed by atoms with Gasteiger partial charge in [-0.2, -0.15) is 8.42 Å². The molecule has 3 aromatic rings. The summed E-state index contributed by atoms with van der Waals surface area (Å²) in [5.74, 6) is -0.416. The van der Waals surface area contributed by atoms with Crippen molar-refractivity contribution in [3.8, 4) is 0 Å². The fraction of sp³-hybridized carbons (Fsp3) is 0.417. The maximum Gasteiger partial charge on any atom is 0.333 e. The third-order valence-electron chi connectivity index (χ3n) is 6.72. The molecule has 3 aromatic heterocycles. The molecule has 1 aliphatic heterocycles. The molecule has 0 unspecified atom stereocenters. The Balaban J connectivity index is 1.26. The van der Waals surface area contributed by atoms with Crippen LogP contribution in [0, 0.1) is 5.92 Å². The molecule has 0 bridgehead atoms. The Morgan fingerprint density at radius 2 is 2.11 bits per heavy atom. The van der Waals surface area contributed by atoms with Crippen molar-refractivity contribution < 1.29 is 32.3 Å². The number of nitrogens with one attached hydrogen (secondary N) is 1. The number of aliphatic hydroxyl groups excluding tert-OH is 1. The van der Waals surface area contributed by atoms with E-state index in [0.717, 1.165) is 5.69 Å². The lowest BCUT2D eigenvalue weighted by Gasteiger charge is -2.35. The Kier molecular flexibility index (Phi) is 7.26. The van der Waals surface area contributed by atoms with Crippen LogP contribution in [-0.4, -0.2) is 75.9 Å². The second-order valence-electron chi connectivity index (χ2n) is 9.64. The minimum absolute atomic E-state index is 0.213. The summed E-state index contributed by atoms with van der Waals surface area (Å²) in [6, 6.07) is 6.86. The first-order valence-electron chi connectivity index (χ1n) is 12.0. The number of pyridine rings is 1. The van der Waals surface area contributed by atoms with Gasteiger partial charge < -0.3 is 24.8 Å². The van der Waals surface area contributed by atoms with Gasteiger partial charge in [0.05, 0.1) is 49.4 Å². The Morgan fingerprint density at radius 1 is 1.29 bits per heavy atom. The van der Waals surface area contributed by atoms with E-state index in [2.05, 4.69) is 24.5 Å². The van der Waals surface area contributed by atoms with Crippen LogP contribution in [0.3, 0.4) is 0 Å². The van der Waals surface area contributed by atoms with Crippen molar-refractivity contribution in [3.63, 3.8) is 0 Å². The Hall–Kier alpha value is -3.27. The number of nitrogens with zero attached hydrogens (tertiary/aromatic N) is 4. The number of aliphatic hydroxyl groups is 2. The van der Waals surface area contributed by atoms with E-state index >= 15 is 0 Å². The molecule has 1 saturated heterocycles. The molecule has 5 rings (SSSR count). The molecule has 2 aliphatic rings. The Morgan fingerprint density at radius 3 is 2.84 bits per heavy atom. The monoisotopic (exact) mass is 544 g/mol. The van der Waals surface area contributed by atoms with Gasteiger partial charge in [0.1, 0.15) is 12.1 Å². The van der Waals surface area contributed by atoms with Gasteiger partial charge in [-0.3, -0.25) is 14.0 Å². The highest BCUT2D eigenvalue weighted by atomic mass is 32.2. The minimum atomic E-state index is -4.10. The topological polar surface area (TPSA) is 192 Å². The predicted molar refractivity (Wildman–Crippen MR) is 133 cm³/mol. The molecule has 14 heteroatoms. The smallest absolute Gasteiger partial charge is 0.333 e. The molecule has 4 heterocycles. The largest absolute Gasteiger partial charge is 0.393 e. The number of ketones is 1. The van der Waals surface area contributed by atoms with E-state index in [9.17, 15) is 23.4 Å². The van der Waals surface area contributed by atoms with Gasteiger partial charge in [-0.15, -0.1) is 0 Å². The summed E-state index contributed by atoms with van der Waals surface area (Å²) in [6.45, 7) is 0.596. The number of hydrogen-bond acceptors (Lipinski definition) is 11. The lowest BCUT2D eigenvalue weighted by Crippen LogP contribution is -2.47. The summed E-state index contributed by atoms with van der Waals surface area (Å²) in [6.07, 6.45) is 6.13. The zero-order valence-corrected chi connectivity index (χ0v) is 21.1. The lowest BCUT2D eigenvalue weighted by molar-refractivity contribution is -0.186. The summed E-state index contributed by atoms with van der Waals surface area (Å²) >= 11 is 0. The molecule has 3 atom stereocenters. The van der Waals surface area contributed by atoms with E-state index in [1.54, 1.807) is 24.5 Å². The molecular weight excluding hydrogens is 516 g/mol. The molecule has 1 saturated carbocycles. The van der Waals surface area contributed by atoms with Gasteiger partial charge in [-0.1, -0.05) is 6.07 Å². The molecule has 2 fully saturated rings. The molecule has 0 spiro atoms. The highest BCUT2D eigenvalue weighted by Crippen LogP contribution is 2.30. The summed E-state index contributed by atoms with van der Waals surface area (Å²) in [7, 11) is -4.10. The van der Waals surface area contributed by atoms with Crippen molar-refractivity contribution in [1.82, 2.24) is 19.5 Å². The van der Waals surface area contributed by atoms with Crippen molar-refractivity contribution in [2.24, 2.45) is 11.1 Å². The standard InChI is InChI=1S/C24H28N6O7S/c25-38(34,35)37-11-16-6-18(7-20(16)31)29-23-19(8-26-14-27-23)22(32)15-4-5-30(9-15)10-17-2-1-3-21(28-17)24(33)12-36-13-24/h1-5,8-9,14,16,18,20,31,33H,6-7,10-13H2,(H2,25,34,35)(H,26,27,29)/t16-,18-,20+/m1/s1. The number of nitrogens with two attached hydrogens (primary N) is 1. The minimum Gasteiger partial charge on any atom is -0.393 e. The third kappa shape index (κ3) is 5.90. The fourth-order valence-corrected chi connectivity index (χ4v) is 5.04. The summed E-state index contributed by atoms with van der Waals surface area (Å²) in [5.41, 5.74) is 0.905. The van der Waals surface area contributed by atoms with E-state index in [-0.39, 0.29) is 37.2 Å². The first-order chi connectivity index (χ1) is 18.1. The molecule has 1 aliphatic carbocycles. The molecular formula is C24H28N6O7S. The van der Waals surface area contributed by atoms with Crippen LogP contribution >= 0.6 is 0 Å². The quantitative estimate of drug-likeness (QED) is 0.250. The van der Waals surface area contributed by atoms with Gasteiger partial charge in [0.25, 0.3) is 0 Å². The van der Waals surface area contributed by atoms with Crippen LogP contribution in [0.5, 0.6) is 0 Å². The molecule has 0 aromatic carbocycles. The number of rotatable bonds is 10. The lowest BCUT2D eigenvalue weighted by atomic mass is 9.97. The van der Waals surface area contributed by atoms with Crippen LogP contribution in [-0.2, 0) is 31.4 Å².